The normalized spacial score (nSPS) is 14.4. The Bertz CT molecular complexity index is 784. The van der Waals surface area contributed by atoms with E-state index in [2.05, 4.69) is 10.6 Å². The highest BCUT2D eigenvalue weighted by Crippen LogP contribution is 2.20. The van der Waals surface area contributed by atoms with Crippen molar-refractivity contribution in [1.29, 1.82) is 0 Å². The highest BCUT2D eigenvalue weighted by atomic mass is 16.6. The van der Waals surface area contributed by atoms with Crippen LogP contribution in [0.3, 0.4) is 0 Å². The molecular weight excluding hydrogens is 342 g/mol. The molecule has 0 atom stereocenters. The third kappa shape index (κ3) is 5.48. The predicted molar refractivity (Wildman–Crippen MR) is 105 cm³/mol. The first kappa shape index (κ1) is 18.8. The van der Waals surface area contributed by atoms with E-state index in [1.54, 1.807) is 24.3 Å². The van der Waals surface area contributed by atoms with Crippen LogP contribution in [0, 0.1) is 0 Å². The number of benzene rings is 2. The van der Waals surface area contributed by atoms with Crippen LogP contribution >= 0.6 is 0 Å². The van der Waals surface area contributed by atoms with E-state index < -0.39 is 0 Å². The molecule has 0 unspecified atom stereocenters. The first-order valence-corrected chi connectivity index (χ1v) is 9.31. The molecule has 0 aliphatic heterocycles. The maximum absolute atomic E-state index is 12.3. The van der Waals surface area contributed by atoms with E-state index >= 15 is 0 Å². The van der Waals surface area contributed by atoms with Gasteiger partial charge in [-0.1, -0.05) is 30.7 Å². The summed E-state index contributed by atoms with van der Waals surface area (Å²) in [6.45, 7) is 0.360. The molecule has 142 valence electrons. The Kier molecular flexibility index (Phi) is 6.30. The lowest BCUT2D eigenvalue weighted by atomic mass is 9.98. The second kappa shape index (κ2) is 9.07. The molecule has 4 N–H and O–H groups in total. The summed E-state index contributed by atoms with van der Waals surface area (Å²) in [6, 6.07) is 14.2. The zero-order chi connectivity index (χ0) is 19.1. The van der Waals surface area contributed by atoms with E-state index in [1.165, 1.54) is 6.42 Å². The van der Waals surface area contributed by atoms with Crippen LogP contribution in [0.15, 0.2) is 48.5 Å². The van der Waals surface area contributed by atoms with Crippen molar-refractivity contribution in [3.8, 4) is 0 Å². The molecule has 6 nitrogen and oxygen atoms in total. The van der Waals surface area contributed by atoms with Gasteiger partial charge in [0.2, 0.25) is 0 Å². The van der Waals surface area contributed by atoms with E-state index in [1.807, 2.05) is 24.3 Å². The highest BCUT2D eigenvalue weighted by molar-refractivity contribution is 6.05. The standard InChI is InChI=1S/C21H25N3O3/c22-18-8-4-5-9-19(18)24-20(25)16-12-10-15(11-13-16)14-23-21(26)27-17-6-2-1-3-7-17/h4-5,8-13,17H,1-3,6-7,14,22H2,(H,23,26)(H,24,25). The van der Waals surface area contributed by atoms with Crippen molar-refractivity contribution in [2.75, 3.05) is 11.1 Å². The molecule has 6 heteroatoms. The monoisotopic (exact) mass is 367 g/mol. The SMILES string of the molecule is Nc1ccccc1NC(=O)c1ccc(CNC(=O)OC2CCCCC2)cc1. The highest BCUT2D eigenvalue weighted by Gasteiger charge is 2.17. The number of nitrogens with two attached hydrogens (primary N) is 1. The van der Waals surface area contributed by atoms with Gasteiger partial charge in [-0.25, -0.2) is 4.79 Å². The fraction of sp³-hybridized carbons (Fsp3) is 0.333. The van der Waals surface area contributed by atoms with Crippen LogP contribution in [0.2, 0.25) is 0 Å². The molecule has 27 heavy (non-hydrogen) atoms. The van der Waals surface area contributed by atoms with E-state index in [9.17, 15) is 9.59 Å². The molecule has 3 rings (SSSR count). The molecule has 1 aliphatic carbocycles. The van der Waals surface area contributed by atoms with Crippen molar-refractivity contribution < 1.29 is 14.3 Å². The van der Waals surface area contributed by atoms with Crippen molar-refractivity contribution in [2.24, 2.45) is 0 Å². The quantitative estimate of drug-likeness (QED) is 0.694. The van der Waals surface area contributed by atoms with Gasteiger partial charge in [-0.2, -0.15) is 0 Å². The average molecular weight is 367 g/mol. The number of amides is 2. The number of nitrogen functional groups attached to an aromatic ring is 1. The van der Waals surface area contributed by atoms with Gasteiger partial charge in [-0.05, 0) is 55.5 Å². The van der Waals surface area contributed by atoms with Crippen molar-refractivity contribution in [2.45, 2.75) is 44.8 Å². The fourth-order valence-electron chi connectivity index (χ4n) is 3.13. The molecule has 0 aromatic heterocycles. The van der Waals surface area contributed by atoms with Crippen LogP contribution < -0.4 is 16.4 Å². The van der Waals surface area contributed by atoms with Crippen LogP contribution in [0.4, 0.5) is 16.2 Å². The Morgan fingerprint density at radius 2 is 1.70 bits per heavy atom. The average Bonchev–Trinajstić information content (AvgIpc) is 2.69. The van der Waals surface area contributed by atoms with E-state index in [-0.39, 0.29) is 18.1 Å². The number of alkyl carbamates (subject to hydrolysis) is 1. The summed E-state index contributed by atoms with van der Waals surface area (Å²) in [5, 5.41) is 5.55. The number of anilines is 2. The number of hydrogen-bond donors (Lipinski definition) is 3. The summed E-state index contributed by atoms with van der Waals surface area (Å²) in [6.07, 6.45) is 5.01. The van der Waals surface area contributed by atoms with E-state index in [0.29, 0.717) is 23.5 Å². The first-order valence-electron chi connectivity index (χ1n) is 9.31. The number of hydrogen-bond acceptors (Lipinski definition) is 4. The number of para-hydroxylation sites is 2. The topological polar surface area (TPSA) is 93.5 Å². The lowest BCUT2D eigenvalue weighted by Gasteiger charge is -2.21. The zero-order valence-electron chi connectivity index (χ0n) is 15.2. The smallest absolute Gasteiger partial charge is 0.407 e. The maximum Gasteiger partial charge on any atom is 0.407 e. The summed E-state index contributed by atoms with van der Waals surface area (Å²) >= 11 is 0. The van der Waals surface area contributed by atoms with Crippen LogP contribution in [0.1, 0.15) is 48.0 Å². The van der Waals surface area contributed by atoms with E-state index in [0.717, 1.165) is 31.2 Å². The molecule has 0 radical (unpaired) electrons. The Balaban J connectivity index is 1.48. The third-order valence-electron chi connectivity index (χ3n) is 4.69. The Morgan fingerprint density at radius 1 is 1.00 bits per heavy atom. The van der Waals surface area contributed by atoms with Crippen molar-refractivity contribution in [1.82, 2.24) is 5.32 Å². The summed E-state index contributed by atoms with van der Waals surface area (Å²) in [5.74, 6) is -0.232. The van der Waals surface area contributed by atoms with Gasteiger partial charge in [0.25, 0.3) is 5.91 Å². The predicted octanol–water partition coefficient (Wildman–Crippen LogP) is 4.08. The number of carbonyl (C=O) groups is 2. The second-order valence-corrected chi connectivity index (χ2v) is 6.76. The summed E-state index contributed by atoms with van der Waals surface area (Å²) < 4.78 is 5.43. The van der Waals surface area contributed by atoms with Gasteiger partial charge in [0, 0.05) is 12.1 Å². The molecule has 0 spiro atoms. The van der Waals surface area contributed by atoms with Crippen molar-refractivity contribution >= 4 is 23.4 Å². The molecule has 2 aromatic rings. The molecule has 1 saturated carbocycles. The molecule has 2 aromatic carbocycles. The number of rotatable bonds is 5. The van der Waals surface area contributed by atoms with Crippen molar-refractivity contribution in [3.63, 3.8) is 0 Å². The molecule has 0 bridgehead atoms. The minimum Gasteiger partial charge on any atom is -0.446 e. The van der Waals surface area contributed by atoms with Gasteiger partial charge in [-0.15, -0.1) is 0 Å². The Hall–Kier alpha value is -3.02. The molecular formula is C21H25N3O3. The largest absolute Gasteiger partial charge is 0.446 e. The van der Waals surface area contributed by atoms with Gasteiger partial charge in [0.05, 0.1) is 11.4 Å². The van der Waals surface area contributed by atoms with E-state index in [4.69, 9.17) is 10.5 Å². The summed E-state index contributed by atoms with van der Waals surface area (Å²) in [4.78, 5) is 24.2. The van der Waals surface area contributed by atoms with Gasteiger partial charge in [0.1, 0.15) is 6.10 Å². The summed E-state index contributed by atoms with van der Waals surface area (Å²) in [7, 11) is 0. The zero-order valence-corrected chi connectivity index (χ0v) is 15.2. The molecule has 0 heterocycles. The number of ether oxygens (including phenoxy) is 1. The van der Waals surface area contributed by atoms with Crippen molar-refractivity contribution in [3.05, 3.63) is 59.7 Å². The van der Waals surface area contributed by atoms with Crippen LogP contribution in [0.5, 0.6) is 0 Å². The fourth-order valence-corrected chi connectivity index (χ4v) is 3.13. The van der Waals surface area contributed by atoms with Gasteiger partial charge in [0.15, 0.2) is 0 Å². The Morgan fingerprint density at radius 3 is 2.41 bits per heavy atom. The van der Waals surface area contributed by atoms with Crippen LogP contribution in [0.25, 0.3) is 0 Å². The minimum atomic E-state index is -0.386. The maximum atomic E-state index is 12.3. The molecule has 1 fully saturated rings. The van der Waals surface area contributed by atoms with Gasteiger partial charge < -0.3 is 21.1 Å². The molecule has 2 amide bonds. The molecule has 0 saturated heterocycles. The first-order chi connectivity index (χ1) is 13.1. The Labute approximate surface area is 159 Å². The van der Waals surface area contributed by atoms with Crippen LogP contribution in [-0.4, -0.2) is 18.1 Å². The lowest BCUT2D eigenvalue weighted by molar-refractivity contribution is 0.0750. The minimum absolute atomic E-state index is 0.0373. The van der Waals surface area contributed by atoms with Gasteiger partial charge >= 0.3 is 6.09 Å². The number of carbonyl (C=O) groups excluding carboxylic acids is 2. The third-order valence-corrected chi connectivity index (χ3v) is 4.69. The van der Waals surface area contributed by atoms with Crippen LogP contribution in [-0.2, 0) is 11.3 Å². The second-order valence-electron chi connectivity index (χ2n) is 6.76. The van der Waals surface area contributed by atoms with Gasteiger partial charge in [-0.3, -0.25) is 4.79 Å². The summed E-state index contributed by atoms with van der Waals surface area (Å²) in [5.41, 5.74) is 8.35. The molecule has 1 aliphatic rings. The number of nitrogens with one attached hydrogen (secondary N) is 2. The lowest BCUT2D eigenvalue weighted by Crippen LogP contribution is -2.29.